The molecule has 0 radical (unpaired) electrons. The number of anilines is 2. The number of phenols is 1. The average molecular weight is 482 g/mol. The summed E-state index contributed by atoms with van der Waals surface area (Å²) < 4.78 is 65.1. The van der Waals surface area contributed by atoms with E-state index in [4.69, 9.17) is 10.8 Å². The van der Waals surface area contributed by atoms with Gasteiger partial charge in [-0.05, 0) is 36.4 Å². The van der Waals surface area contributed by atoms with Crippen LogP contribution in [0.4, 0.5) is 11.4 Å². The van der Waals surface area contributed by atoms with Crippen molar-refractivity contribution >= 4 is 54.3 Å². The second kappa shape index (κ2) is 7.76. The van der Waals surface area contributed by atoms with Gasteiger partial charge in [-0.25, -0.2) is 4.79 Å². The lowest BCUT2D eigenvalue weighted by Gasteiger charge is -2.14. The first kappa shape index (κ1) is 23.0. The number of phenolic OH excluding ortho intramolecular Hbond substituents is 1. The van der Waals surface area contributed by atoms with Crippen molar-refractivity contribution in [1.29, 1.82) is 0 Å². The number of carboxylic acid groups (broad SMARTS) is 1. The molecule has 0 aliphatic carbocycles. The fourth-order valence-corrected chi connectivity index (χ4v) is 4.20. The van der Waals surface area contributed by atoms with E-state index in [2.05, 4.69) is 5.32 Å². The van der Waals surface area contributed by atoms with Crippen molar-refractivity contribution in [1.82, 2.24) is 0 Å². The number of rotatable bonds is 5. The van der Waals surface area contributed by atoms with Gasteiger partial charge in [0.2, 0.25) is 0 Å². The molecule has 0 atom stereocenters. The molecule has 0 aliphatic heterocycles. The predicted molar refractivity (Wildman–Crippen MR) is 111 cm³/mol. The molecular weight excluding hydrogens is 468 g/mol. The fraction of sp³-hybridized carbons (Fsp3) is 0. The van der Waals surface area contributed by atoms with Crippen LogP contribution in [0.2, 0.25) is 0 Å². The highest BCUT2D eigenvalue weighted by atomic mass is 32.2. The Balaban J connectivity index is 2.22. The molecule has 0 bridgehead atoms. The zero-order valence-electron chi connectivity index (χ0n) is 15.7. The highest BCUT2D eigenvalue weighted by Crippen LogP contribution is 2.38. The topological polar surface area (TPSA) is 221 Å². The molecule has 0 saturated carbocycles. The van der Waals surface area contributed by atoms with Crippen LogP contribution in [0, 0.1) is 0 Å². The number of amides is 1. The van der Waals surface area contributed by atoms with Gasteiger partial charge in [0.15, 0.2) is 0 Å². The first-order valence-electron chi connectivity index (χ1n) is 8.38. The molecule has 12 nitrogen and oxygen atoms in total. The number of aromatic carboxylic acids is 1. The van der Waals surface area contributed by atoms with Gasteiger partial charge in [0.05, 0.1) is 16.1 Å². The Morgan fingerprint density at radius 2 is 1.50 bits per heavy atom. The third-order valence-electron chi connectivity index (χ3n) is 4.32. The van der Waals surface area contributed by atoms with E-state index in [1.165, 1.54) is 6.07 Å². The summed E-state index contributed by atoms with van der Waals surface area (Å²) in [4.78, 5) is 22.2. The van der Waals surface area contributed by atoms with Crippen LogP contribution in [0.15, 0.2) is 52.3 Å². The molecule has 168 valence electrons. The van der Waals surface area contributed by atoms with Crippen LogP contribution in [-0.2, 0) is 20.2 Å². The van der Waals surface area contributed by atoms with Crippen molar-refractivity contribution in [2.45, 2.75) is 9.79 Å². The Kier molecular flexibility index (Phi) is 5.56. The van der Waals surface area contributed by atoms with Crippen LogP contribution in [0.5, 0.6) is 5.75 Å². The standard InChI is InChI=1S/C18H14N2O10S2/c19-10-4-8(3-9(5-10)18(23)24)17(22)20-13-1-2-15(32(28,29)30)12-6-11(31(25,26)27)7-14(21)16(12)13/h1-7,21H,19H2,(H,20,22)(H,23,24)(H,25,26,27)(H,28,29,30). The van der Waals surface area contributed by atoms with Crippen molar-refractivity contribution in [3.05, 3.63) is 53.6 Å². The highest BCUT2D eigenvalue weighted by Gasteiger charge is 2.23. The number of nitrogen functional groups attached to an aromatic ring is 1. The number of aromatic hydroxyl groups is 1. The zero-order chi connectivity index (χ0) is 24.0. The number of carboxylic acids is 1. The lowest BCUT2D eigenvalue weighted by atomic mass is 10.1. The molecule has 0 unspecified atom stereocenters. The highest BCUT2D eigenvalue weighted by molar-refractivity contribution is 7.86. The first-order valence-corrected chi connectivity index (χ1v) is 11.3. The third kappa shape index (κ3) is 4.47. The minimum absolute atomic E-state index is 0.0257. The van der Waals surface area contributed by atoms with Gasteiger partial charge in [0.1, 0.15) is 10.6 Å². The molecule has 3 aromatic rings. The number of hydrogen-bond donors (Lipinski definition) is 6. The molecule has 14 heteroatoms. The van der Waals surface area contributed by atoms with Crippen LogP contribution in [0.1, 0.15) is 20.7 Å². The molecule has 3 rings (SSSR count). The molecule has 3 aromatic carbocycles. The average Bonchev–Trinajstić information content (AvgIpc) is 2.65. The molecule has 0 aromatic heterocycles. The normalized spacial score (nSPS) is 11.9. The van der Waals surface area contributed by atoms with E-state index < -0.39 is 53.0 Å². The Hall–Kier alpha value is -3.72. The van der Waals surface area contributed by atoms with Crippen LogP contribution in [0.25, 0.3) is 10.8 Å². The quantitative estimate of drug-likeness (QED) is 0.226. The SMILES string of the molecule is Nc1cc(C(=O)O)cc(C(=O)Nc2ccc(S(=O)(=O)O)c3cc(S(=O)(=O)O)cc(O)c23)c1. The second-order valence-electron chi connectivity index (χ2n) is 6.53. The number of hydrogen-bond acceptors (Lipinski definition) is 8. The van der Waals surface area contributed by atoms with Gasteiger partial charge in [0.25, 0.3) is 26.1 Å². The first-order chi connectivity index (χ1) is 14.7. The molecular formula is C18H14N2O10S2. The predicted octanol–water partition coefficient (Wildman–Crippen LogP) is 1.57. The molecule has 0 fully saturated rings. The summed E-state index contributed by atoms with van der Waals surface area (Å²) in [6.45, 7) is 0. The van der Waals surface area contributed by atoms with E-state index in [0.717, 1.165) is 24.3 Å². The van der Waals surface area contributed by atoms with Gasteiger partial charge in [-0.2, -0.15) is 16.8 Å². The summed E-state index contributed by atoms with van der Waals surface area (Å²) in [6, 6.07) is 6.48. The van der Waals surface area contributed by atoms with Crippen molar-refractivity contribution in [3.63, 3.8) is 0 Å². The van der Waals surface area contributed by atoms with Crippen molar-refractivity contribution < 1.29 is 45.7 Å². The van der Waals surface area contributed by atoms with Gasteiger partial charge < -0.3 is 21.3 Å². The summed E-state index contributed by atoms with van der Waals surface area (Å²) >= 11 is 0. The lowest BCUT2D eigenvalue weighted by Crippen LogP contribution is -2.14. The lowest BCUT2D eigenvalue weighted by molar-refractivity contribution is 0.0697. The summed E-state index contributed by atoms with van der Waals surface area (Å²) in [5, 5.41) is 20.9. The van der Waals surface area contributed by atoms with Crippen LogP contribution in [-0.4, -0.2) is 48.0 Å². The van der Waals surface area contributed by atoms with Crippen molar-refractivity contribution in [3.8, 4) is 5.75 Å². The maximum absolute atomic E-state index is 12.7. The van der Waals surface area contributed by atoms with E-state index in [9.17, 15) is 40.6 Å². The molecule has 0 heterocycles. The minimum atomic E-state index is -4.91. The summed E-state index contributed by atoms with van der Waals surface area (Å²) in [5.74, 6) is -3.07. The largest absolute Gasteiger partial charge is 0.507 e. The Labute approximate surface area is 180 Å². The van der Waals surface area contributed by atoms with E-state index >= 15 is 0 Å². The zero-order valence-corrected chi connectivity index (χ0v) is 17.3. The van der Waals surface area contributed by atoms with Gasteiger partial charge in [-0.15, -0.1) is 0 Å². The fourth-order valence-electron chi connectivity index (χ4n) is 2.99. The monoisotopic (exact) mass is 482 g/mol. The number of nitrogens with one attached hydrogen (secondary N) is 1. The van der Waals surface area contributed by atoms with E-state index in [1.807, 2.05) is 0 Å². The smallest absolute Gasteiger partial charge is 0.335 e. The molecule has 7 N–H and O–H groups in total. The third-order valence-corrected chi connectivity index (χ3v) is 6.06. The van der Waals surface area contributed by atoms with Crippen LogP contribution < -0.4 is 11.1 Å². The molecule has 0 spiro atoms. The summed E-state index contributed by atoms with van der Waals surface area (Å²) in [7, 11) is -9.78. The van der Waals surface area contributed by atoms with Crippen LogP contribution in [0.3, 0.4) is 0 Å². The minimum Gasteiger partial charge on any atom is -0.507 e. The number of carbonyl (C=O) groups is 2. The molecule has 1 amide bonds. The van der Waals surface area contributed by atoms with Gasteiger partial charge in [0, 0.05) is 28.1 Å². The molecule has 0 aliphatic rings. The number of fused-ring (bicyclic) bond motifs is 1. The van der Waals surface area contributed by atoms with E-state index in [-0.39, 0.29) is 27.9 Å². The van der Waals surface area contributed by atoms with Crippen molar-refractivity contribution in [2.75, 3.05) is 11.1 Å². The molecule has 0 saturated heterocycles. The Morgan fingerprint density at radius 1 is 0.875 bits per heavy atom. The van der Waals surface area contributed by atoms with E-state index in [1.54, 1.807) is 0 Å². The maximum atomic E-state index is 12.7. The Bertz CT molecular complexity index is 1510. The molecule has 32 heavy (non-hydrogen) atoms. The second-order valence-corrected chi connectivity index (χ2v) is 9.34. The summed E-state index contributed by atoms with van der Waals surface area (Å²) in [5.41, 5.74) is 4.92. The van der Waals surface area contributed by atoms with E-state index in [0.29, 0.717) is 12.1 Å². The van der Waals surface area contributed by atoms with Crippen LogP contribution >= 0.6 is 0 Å². The Morgan fingerprint density at radius 3 is 2.06 bits per heavy atom. The number of benzene rings is 3. The maximum Gasteiger partial charge on any atom is 0.335 e. The number of nitrogens with two attached hydrogens (primary N) is 1. The summed E-state index contributed by atoms with van der Waals surface area (Å²) in [6.07, 6.45) is 0. The number of carbonyl (C=O) groups excluding carboxylic acids is 1. The van der Waals surface area contributed by atoms with Gasteiger partial charge >= 0.3 is 5.97 Å². The van der Waals surface area contributed by atoms with Crippen molar-refractivity contribution in [2.24, 2.45) is 0 Å². The van der Waals surface area contributed by atoms with Gasteiger partial charge in [-0.3, -0.25) is 13.9 Å². The van der Waals surface area contributed by atoms with Gasteiger partial charge in [-0.1, -0.05) is 0 Å².